The van der Waals surface area contributed by atoms with Gasteiger partial charge >= 0.3 is 5.97 Å². The molecule has 9 heteroatoms. The normalized spacial score (nSPS) is 11.4. The molecule has 3 aromatic heterocycles. The van der Waals surface area contributed by atoms with Gasteiger partial charge in [-0.05, 0) is 61.9 Å². The summed E-state index contributed by atoms with van der Waals surface area (Å²) in [6, 6.07) is 21.9. The maximum Gasteiger partial charge on any atom is 0.338 e. The van der Waals surface area contributed by atoms with Gasteiger partial charge in [0.1, 0.15) is 16.7 Å². The number of rotatable bonds is 5. The number of hydrogen-bond donors (Lipinski definition) is 0. The molecule has 188 valence electrons. The molecule has 0 radical (unpaired) electrons. The third-order valence-corrected chi connectivity index (χ3v) is 6.85. The summed E-state index contributed by atoms with van der Waals surface area (Å²) in [5, 5.41) is 0.944. The van der Waals surface area contributed by atoms with Gasteiger partial charge in [0.2, 0.25) is 0 Å². The van der Waals surface area contributed by atoms with E-state index in [9.17, 15) is 9.59 Å². The highest BCUT2D eigenvalue weighted by atomic mass is 35.5. The number of halogens is 1. The minimum absolute atomic E-state index is 0.233. The van der Waals surface area contributed by atoms with Crippen molar-refractivity contribution in [2.24, 2.45) is 0 Å². The number of carbonyl (C=O) groups is 1. The van der Waals surface area contributed by atoms with Crippen LogP contribution in [0.25, 0.3) is 38.9 Å². The van der Waals surface area contributed by atoms with Gasteiger partial charge in [0.15, 0.2) is 11.3 Å². The number of para-hydroxylation sites is 2. The molecule has 8 nitrogen and oxygen atoms in total. The molecule has 0 atom stereocenters. The molecule has 0 unspecified atom stereocenters. The molecule has 0 bridgehead atoms. The van der Waals surface area contributed by atoms with Crippen LogP contribution in [0.1, 0.15) is 28.7 Å². The van der Waals surface area contributed by atoms with Gasteiger partial charge in [-0.15, -0.1) is 0 Å². The minimum atomic E-state index is -0.400. The van der Waals surface area contributed by atoms with E-state index in [2.05, 4.69) is 0 Å². The van der Waals surface area contributed by atoms with E-state index < -0.39 is 5.97 Å². The Balaban J connectivity index is 1.64. The summed E-state index contributed by atoms with van der Waals surface area (Å²) < 4.78 is 8.53. The maximum absolute atomic E-state index is 14.0. The average molecular weight is 524 g/mol. The lowest BCUT2D eigenvalue weighted by atomic mass is 10.2. The molecule has 6 aromatic rings. The fourth-order valence-corrected chi connectivity index (χ4v) is 4.81. The fourth-order valence-electron chi connectivity index (χ4n) is 4.62. The molecule has 0 amide bonds. The van der Waals surface area contributed by atoms with Crippen LogP contribution in [-0.4, -0.2) is 36.7 Å². The summed E-state index contributed by atoms with van der Waals surface area (Å²) in [7, 11) is 0. The Kier molecular flexibility index (Phi) is 5.88. The molecule has 38 heavy (non-hydrogen) atoms. The first kappa shape index (κ1) is 23.8. The first-order valence-electron chi connectivity index (χ1n) is 12.2. The molecular weight excluding hydrogens is 502 g/mol. The highest BCUT2D eigenvalue weighted by Gasteiger charge is 2.23. The summed E-state index contributed by atoms with van der Waals surface area (Å²) in [6.45, 7) is 4.12. The molecule has 0 fully saturated rings. The van der Waals surface area contributed by atoms with Crippen LogP contribution in [0.15, 0.2) is 77.6 Å². The molecule has 0 N–H and O–H groups in total. The summed E-state index contributed by atoms with van der Waals surface area (Å²) >= 11 is 6.40. The highest BCUT2D eigenvalue weighted by molar-refractivity contribution is 6.31. The van der Waals surface area contributed by atoms with E-state index in [-0.39, 0.29) is 12.1 Å². The summed E-state index contributed by atoms with van der Waals surface area (Å²) in [5.41, 5.74) is 4.48. The Morgan fingerprint density at radius 2 is 1.58 bits per heavy atom. The van der Waals surface area contributed by atoms with Crippen molar-refractivity contribution in [1.29, 1.82) is 0 Å². The highest BCUT2D eigenvalue weighted by Crippen LogP contribution is 2.29. The van der Waals surface area contributed by atoms with E-state index in [1.54, 1.807) is 48.7 Å². The van der Waals surface area contributed by atoms with Crippen molar-refractivity contribution in [3.05, 3.63) is 105 Å². The van der Waals surface area contributed by atoms with E-state index in [1.165, 1.54) is 0 Å². The number of hydrogen-bond acceptors (Lipinski definition) is 6. The van der Waals surface area contributed by atoms with Gasteiger partial charge in [0.05, 0.1) is 29.7 Å². The van der Waals surface area contributed by atoms with Gasteiger partial charge < -0.3 is 4.74 Å². The molecule has 0 aliphatic heterocycles. The summed E-state index contributed by atoms with van der Waals surface area (Å²) in [4.78, 5) is 40.8. The van der Waals surface area contributed by atoms with Crippen molar-refractivity contribution in [1.82, 2.24) is 24.1 Å². The Morgan fingerprint density at radius 1 is 0.895 bits per heavy atom. The number of carbonyl (C=O) groups excluding carboxylic acids is 1. The fraction of sp³-hybridized carbons (Fsp3) is 0.138. The van der Waals surface area contributed by atoms with Crippen molar-refractivity contribution >= 4 is 50.8 Å². The molecular formula is C29H22ClN5O3. The number of aromatic nitrogens is 5. The van der Waals surface area contributed by atoms with Crippen molar-refractivity contribution in [2.75, 3.05) is 6.61 Å². The summed E-state index contributed by atoms with van der Waals surface area (Å²) in [6.07, 6.45) is 0. The van der Waals surface area contributed by atoms with E-state index in [0.29, 0.717) is 61.9 Å². The predicted octanol–water partition coefficient (Wildman–Crippen LogP) is 5.47. The van der Waals surface area contributed by atoms with E-state index in [4.69, 9.17) is 31.3 Å². The second-order valence-corrected chi connectivity index (χ2v) is 9.23. The lowest BCUT2D eigenvalue weighted by molar-refractivity contribution is 0.0526. The molecule has 0 aliphatic rings. The van der Waals surface area contributed by atoms with Crippen molar-refractivity contribution in [3.8, 4) is 5.69 Å². The third kappa shape index (κ3) is 3.90. The Bertz CT molecular complexity index is 1930. The molecule has 0 saturated carbocycles. The molecule has 0 aliphatic carbocycles. The van der Waals surface area contributed by atoms with Crippen LogP contribution in [0.3, 0.4) is 0 Å². The van der Waals surface area contributed by atoms with E-state index >= 15 is 0 Å². The smallest absolute Gasteiger partial charge is 0.338 e. The third-order valence-electron chi connectivity index (χ3n) is 6.48. The van der Waals surface area contributed by atoms with Gasteiger partial charge in [-0.2, -0.15) is 0 Å². The largest absolute Gasteiger partial charge is 0.462 e. The number of aryl methyl sites for hydroxylation is 1. The Labute approximate surface area is 222 Å². The Hall–Kier alpha value is -4.56. The van der Waals surface area contributed by atoms with Gasteiger partial charge in [0.25, 0.3) is 5.56 Å². The molecule has 0 saturated heterocycles. The maximum atomic E-state index is 14.0. The Morgan fingerprint density at radius 3 is 2.29 bits per heavy atom. The predicted molar refractivity (Wildman–Crippen MR) is 147 cm³/mol. The van der Waals surface area contributed by atoms with Crippen LogP contribution in [0.4, 0.5) is 0 Å². The number of nitrogens with zero attached hydrogens (tertiary/aromatic N) is 5. The SMILES string of the molecule is CCOC(=O)c1ccc(-n2c3nc4ccccc4nc3c3c(=O)n(Cc4ccccc4Cl)c(C)nc32)cc1. The van der Waals surface area contributed by atoms with E-state index in [1.807, 2.05) is 47.0 Å². The van der Waals surface area contributed by atoms with Crippen LogP contribution in [-0.2, 0) is 11.3 Å². The topological polar surface area (TPSA) is 91.9 Å². The van der Waals surface area contributed by atoms with Gasteiger partial charge in [0, 0.05) is 10.7 Å². The zero-order chi connectivity index (χ0) is 26.4. The first-order chi connectivity index (χ1) is 18.5. The average Bonchev–Trinajstić information content (AvgIpc) is 3.23. The lowest BCUT2D eigenvalue weighted by Gasteiger charge is -2.12. The number of esters is 1. The quantitative estimate of drug-likeness (QED) is 0.278. The lowest BCUT2D eigenvalue weighted by Crippen LogP contribution is -2.24. The van der Waals surface area contributed by atoms with Crippen molar-refractivity contribution in [3.63, 3.8) is 0 Å². The number of fused-ring (bicyclic) bond motifs is 4. The second kappa shape index (κ2) is 9.39. The monoisotopic (exact) mass is 523 g/mol. The molecule has 3 heterocycles. The number of benzene rings is 3. The number of ether oxygens (including phenoxy) is 1. The van der Waals surface area contributed by atoms with Crippen LogP contribution in [0.2, 0.25) is 5.02 Å². The van der Waals surface area contributed by atoms with Crippen LogP contribution in [0, 0.1) is 6.92 Å². The first-order valence-corrected chi connectivity index (χ1v) is 12.5. The standard InChI is InChI=1S/C29H22ClN5O3/c1-3-38-29(37)18-12-14-20(15-13-18)35-26-24(25-27(35)33-23-11-7-6-10-22(23)32-25)28(36)34(17(2)31-26)16-19-8-4-5-9-21(19)30/h4-15H,3,16H2,1-2H3. The molecule has 6 rings (SSSR count). The zero-order valence-corrected chi connectivity index (χ0v) is 21.4. The molecule has 0 spiro atoms. The summed E-state index contributed by atoms with van der Waals surface area (Å²) in [5.74, 6) is 0.127. The zero-order valence-electron chi connectivity index (χ0n) is 20.7. The van der Waals surface area contributed by atoms with Crippen LogP contribution in [0.5, 0.6) is 0 Å². The minimum Gasteiger partial charge on any atom is -0.462 e. The van der Waals surface area contributed by atoms with Crippen LogP contribution >= 0.6 is 11.6 Å². The van der Waals surface area contributed by atoms with Crippen LogP contribution < -0.4 is 5.56 Å². The van der Waals surface area contributed by atoms with E-state index in [0.717, 1.165) is 5.56 Å². The van der Waals surface area contributed by atoms with Gasteiger partial charge in [-0.3, -0.25) is 13.9 Å². The molecule has 3 aromatic carbocycles. The van der Waals surface area contributed by atoms with Crippen molar-refractivity contribution < 1.29 is 9.53 Å². The second-order valence-electron chi connectivity index (χ2n) is 8.83. The van der Waals surface area contributed by atoms with Crippen molar-refractivity contribution in [2.45, 2.75) is 20.4 Å². The van der Waals surface area contributed by atoms with Gasteiger partial charge in [-0.25, -0.2) is 19.7 Å². The van der Waals surface area contributed by atoms with Gasteiger partial charge in [-0.1, -0.05) is 41.9 Å².